The number of nitrogens with zero attached hydrogens (tertiary/aromatic N) is 3. The number of alkyl halides is 3. The fraction of sp³-hybridized carbons (Fsp3) is 0.429. The van der Waals surface area contributed by atoms with Crippen LogP contribution in [0.4, 0.5) is 17.6 Å². The molecule has 0 aliphatic carbocycles. The van der Waals surface area contributed by atoms with E-state index in [0.29, 0.717) is 18.4 Å². The predicted octanol–water partition coefficient (Wildman–Crippen LogP) is 2.89. The summed E-state index contributed by atoms with van der Waals surface area (Å²) in [4.78, 5) is 6.14. The van der Waals surface area contributed by atoms with Crippen LogP contribution in [0, 0.1) is 5.82 Å². The van der Waals surface area contributed by atoms with Gasteiger partial charge in [0.1, 0.15) is 5.82 Å². The van der Waals surface area contributed by atoms with Gasteiger partial charge in [-0.25, -0.2) is 4.39 Å². The Hall–Kier alpha value is -1.71. The molecule has 3 rings (SSSR count). The van der Waals surface area contributed by atoms with Gasteiger partial charge in [0.2, 0.25) is 0 Å². The first-order valence-corrected chi connectivity index (χ1v) is 6.97. The van der Waals surface area contributed by atoms with E-state index in [9.17, 15) is 17.6 Å². The predicted molar refractivity (Wildman–Crippen MR) is 80.2 cm³/mol. The molecule has 0 amide bonds. The highest BCUT2D eigenvalue weighted by Gasteiger charge is 2.32. The third-order valence-electron chi connectivity index (χ3n) is 3.72. The molecule has 0 saturated carbocycles. The lowest BCUT2D eigenvalue weighted by Gasteiger charge is -2.30. The van der Waals surface area contributed by atoms with Gasteiger partial charge >= 0.3 is 6.18 Å². The van der Waals surface area contributed by atoms with Crippen molar-refractivity contribution in [1.29, 1.82) is 0 Å². The Morgan fingerprint density at radius 3 is 2.71 bits per heavy atom. The van der Waals surface area contributed by atoms with Gasteiger partial charge in [-0.1, -0.05) is 5.16 Å². The third-order valence-corrected chi connectivity index (χ3v) is 3.72. The maximum absolute atomic E-state index is 13.5. The van der Waals surface area contributed by atoms with Crippen molar-refractivity contribution < 1.29 is 22.1 Å². The molecule has 1 aliphatic heterocycles. The van der Waals surface area contributed by atoms with E-state index in [0.717, 1.165) is 25.2 Å². The molecule has 24 heavy (non-hydrogen) atoms. The van der Waals surface area contributed by atoms with Crippen molar-refractivity contribution >= 4 is 12.4 Å². The van der Waals surface area contributed by atoms with E-state index in [1.165, 1.54) is 0 Å². The van der Waals surface area contributed by atoms with Gasteiger partial charge in [-0.3, -0.25) is 4.90 Å². The minimum atomic E-state index is -4.65. The lowest BCUT2D eigenvalue weighted by molar-refractivity contribution is -0.137. The van der Waals surface area contributed by atoms with Gasteiger partial charge < -0.3 is 9.84 Å². The first kappa shape index (κ1) is 18.6. The summed E-state index contributed by atoms with van der Waals surface area (Å²) in [5.74, 6) is -0.789. The number of hydrogen-bond acceptors (Lipinski definition) is 5. The summed E-state index contributed by atoms with van der Waals surface area (Å²) in [5.41, 5.74) is -1.19. The molecule has 1 aromatic heterocycles. The summed E-state index contributed by atoms with van der Waals surface area (Å²) in [6.07, 6.45) is -4.65. The van der Waals surface area contributed by atoms with E-state index in [1.54, 1.807) is 0 Å². The van der Waals surface area contributed by atoms with Crippen LogP contribution in [-0.4, -0.2) is 41.7 Å². The van der Waals surface area contributed by atoms with Crippen molar-refractivity contribution in [3.8, 4) is 11.5 Å². The van der Waals surface area contributed by atoms with Gasteiger partial charge in [0.25, 0.3) is 5.89 Å². The second-order valence-electron chi connectivity index (χ2n) is 5.38. The van der Waals surface area contributed by atoms with Gasteiger partial charge in [0.15, 0.2) is 5.82 Å². The topological polar surface area (TPSA) is 54.2 Å². The molecule has 1 atom stereocenters. The number of likely N-dealkylation sites (N-methyl/N-ethyl adjacent to an activating group) is 1. The van der Waals surface area contributed by atoms with E-state index < -0.39 is 17.6 Å². The van der Waals surface area contributed by atoms with Crippen LogP contribution in [-0.2, 0) is 6.18 Å². The van der Waals surface area contributed by atoms with Crippen LogP contribution in [0.15, 0.2) is 22.7 Å². The lowest BCUT2D eigenvalue weighted by Crippen LogP contribution is -2.44. The van der Waals surface area contributed by atoms with Crippen molar-refractivity contribution in [2.45, 2.75) is 12.2 Å². The molecule has 0 radical (unpaired) electrons. The van der Waals surface area contributed by atoms with Crippen LogP contribution < -0.4 is 5.32 Å². The highest BCUT2D eigenvalue weighted by molar-refractivity contribution is 5.85. The average Bonchev–Trinajstić information content (AvgIpc) is 2.96. The monoisotopic (exact) mass is 366 g/mol. The van der Waals surface area contributed by atoms with Crippen molar-refractivity contribution in [2.75, 3.05) is 26.7 Å². The second kappa shape index (κ2) is 7.04. The maximum Gasteiger partial charge on any atom is 0.416 e. The average molecular weight is 367 g/mol. The summed E-state index contributed by atoms with van der Waals surface area (Å²) in [5, 5.41) is 7.00. The molecule has 132 valence electrons. The Kier molecular flexibility index (Phi) is 5.46. The van der Waals surface area contributed by atoms with Gasteiger partial charge in [-0.2, -0.15) is 18.2 Å². The number of rotatable bonds is 2. The van der Waals surface area contributed by atoms with Gasteiger partial charge in [0, 0.05) is 25.2 Å². The molecular formula is C14H15ClF4N4O. The summed E-state index contributed by atoms with van der Waals surface area (Å²) in [7, 11) is 1.89. The smallest absolute Gasteiger partial charge is 0.334 e. The highest BCUT2D eigenvalue weighted by atomic mass is 35.5. The number of nitrogens with one attached hydrogen (secondary N) is 1. The molecule has 2 heterocycles. The zero-order chi connectivity index (χ0) is 16.6. The van der Waals surface area contributed by atoms with E-state index >= 15 is 0 Å². The second-order valence-corrected chi connectivity index (χ2v) is 5.38. The normalized spacial score (nSPS) is 19.1. The molecule has 10 heteroatoms. The van der Waals surface area contributed by atoms with Gasteiger partial charge in [-0.15, -0.1) is 12.4 Å². The van der Waals surface area contributed by atoms with E-state index in [1.807, 2.05) is 11.9 Å². The standard InChI is InChI=1S/C14H14F4N4O.ClH/c1-22-3-2-19-7-11(22)12-20-13(23-21-12)8-4-9(14(16,17)18)6-10(15)5-8;/h4-6,11,19H,2-3,7H2,1H3;1H. The fourth-order valence-corrected chi connectivity index (χ4v) is 2.46. The molecule has 1 saturated heterocycles. The number of halogens is 5. The molecule has 2 aromatic rings. The van der Waals surface area contributed by atoms with E-state index in [-0.39, 0.29) is 29.9 Å². The van der Waals surface area contributed by atoms with Crippen molar-refractivity contribution in [2.24, 2.45) is 0 Å². The molecule has 1 fully saturated rings. The Morgan fingerprint density at radius 1 is 1.29 bits per heavy atom. The number of hydrogen-bond donors (Lipinski definition) is 1. The van der Waals surface area contributed by atoms with Crippen molar-refractivity contribution in [1.82, 2.24) is 20.4 Å². The number of piperazine rings is 1. The molecule has 1 N–H and O–H groups in total. The van der Waals surface area contributed by atoms with Crippen LogP contribution in [0.1, 0.15) is 17.4 Å². The quantitative estimate of drug-likeness (QED) is 0.828. The zero-order valence-electron chi connectivity index (χ0n) is 12.6. The Morgan fingerprint density at radius 2 is 2.04 bits per heavy atom. The first-order chi connectivity index (χ1) is 10.8. The molecule has 1 aliphatic rings. The van der Waals surface area contributed by atoms with Crippen molar-refractivity contribution in [3.05, 3.63) is 35.4 Å². The van der Waals surface area contributed by atoms with Gasteiger partial charge in [0.05, 0.1) is 11.6 Å². The largest absolute Gasteiger partial charge is 0.416 e. The highest BCUT2D eigenvalue weighted by Crippen LogP contribution is 2.33. The Labute approximate surface area is 141 Å². The molecular weight excluding hydrogens is 352 g/mol. The number of aromatic nitrogens is 2. The molecule has 0 spiro atoms. The summed E-state index contributed by atoms with van der Waals surface area (Å²) in [6.45, 7) is 2.22. The minimum Gasteiger partial charge on any atom is -0.334 e. The Bertz CT molecular complexity index is 706. The third kappa shape index (κ3) is 3.85. The fourth-order valence-electron chi connectivity index (χ4n) is 2.46. The Balaban J connectivity index is 0.00000208. The van der Waals surface area contributed by atoms with Crippen LogP contribution in [0.25, 0.3) is 11.5 Å². The summed E-state index contributed by atoms with van der Waals surface area (Å²) in [6, 6.07) is 2.02. The first-order valence-electron chi connectivity index (χ1n) is 6.97. The molecule has 5 nitrogen and oxygen atoms in total. The summed E-state index contributed by atoms with van der Waals surface area (Å²) < 4.78 is 56.8. The molecule has 0 bridgehead atoms. The van der Waals surface area contributed by atoms with Crippen LogP contribution in [0.5, 0.6) is 0 Å². The SMILES string of the molecule is CN1CCNCC1c1noc(-c2cc(F)cc(C(F)(F)F)c2)n1.Cl. The lowest BCUT2D eigenvalue weighted by atomic mass is 10.1. The van der Waals surface area contributed by atoms with Crippen LogP contribution in [0.3, 0.4) is 0 Å². The summed E-state index contributed by atoms with van der Waals surface area (Å²) >= 11 is 0. The van der Waals surface area contributed by atoms with Crippen molar-refractivity contribution in [3.63, 3.8) is 0 Å². The van der Waals surface area contributed by atoms with E-state index in [4.69, 9.17) is 4.52 Å². The van der Waals surface area contributed by atoms with Gasteiger partial charge in [-0.05, 0) is 25.2 Å². The molecule has 1 unspecified atom stereocenters. The number of benzene rings is 1. The van der Waals surface area contributed by atoms with Crippen LogP contribution in [0.2, 0.25) is 0 Å². The van der Waals surface area contributed by atoms with Crippen LogP contribution >= 0.6 is 12.4 Å². The van der Waals surface area contributed by atoms with E-state index in [2.05, 4.69) is 15.5 Å². The maximum atomic E-state index is 13.5. The zero-order valence-corrected chi connectivity index (χ0v) is 13.4. The minimum absolute atomic E-state index is 0. The molecule has 1 aromatic carbocycles.